The third-order valence-electron chi connectivity index (χ3n) is 6.35. The minimum atomic E-state index is -0.293. The number of para-hydroxylation sites is 2. The maximum absolute atomic E-state index is 11.9. The lowest BCUT2D eigenvalue weighted by Gasteiger charge is -2.27. The average Bonchev–Trinajstić information content (AvgIpc) is 3.56. The summed E-state index contributed by atoms with van der Waals surface area (Å²) in [5.41, 5.74) is 3.59. The molecule has 4 heterocycles. The number of nitrogens with one attached hydrogen (secondary N) is 1. The van der Waals surface area contributed by atoms with Crippen LogP contribution in [0.25, 0.3) is 39.3 Å². The minimum Gasteiger partial charge on any atom is -0.469 e. The fourth-order valence-electron chi connectivity index (χ4n) is 4.54. The van der Waals surface area contributed by atoms with Gasteiger partial charge in [0.05, 0.1) is 37.8 Å². The minimum absolute atomic E-state index is 0.205. The summed E-state index contributed by atoms with van der Waals surface area (Å²) >= 11 is 0. The Morgan fingerprint density at radius 2 is 1.83 bits per heavy atom. The van der Waals surface area contributed by atoms with Crippen LogP contribution in [-0.2, 0) is 20.7 Å². The number of morpholine rings is 1. The van der Waals surface area contributed by atoms with E-state index in [1.165, 1.54) is 7.11 Å². The number of anilines is 1. The van der Waals surface area contributed by atoms with E-state index in [4.69, 9.17) is 29.4 Å². The van der Waals surface area contributed by atoms with Crippen molar-refractivity contribution in [1.82, 2.24) is 29.5 Å². The molecule has 36 heavy (non-hydrogen) atoms. The van der Waals surface area contributed by atoms with Crippen LogP contribution in [0, 0.1) is 0 Å². The van der Waals surface area contributed by atoms with Crippen molar-refractivity contribution in [3.05, 3.63) is 60.6 Å². The lowest BCUT2D eigenvalue weighted by molar-refractivity contribution is -0.140. The molecule has 0 radical (unpaired) electrons. The molecule has 3 aromatic heterocycles. The molecule has 0 saturated carbocycles. The zero-order valence-corrected chi connectivity index (χ0v) is 19.8. The van der Waals surface area contributed by atoms with Crippen LogP contribution in [0.3, 0.4) is 0 Å². The van der Waals surface area contributed by atoms with Gasteiger partial charge in [-0.25, -0.2) is 4.98 Å². The average molecular weight is 484 g/mol. The molecule has 1 aliphatic rings. The summed E-state index contributed by atoms with van der Waals surface area (Å²) in [6.45, 7) is 2.61. The smallest absolute Gasteiger partial charge is 0.305 e. The first-order valence-electron chi connectivity index (χ1n) is 11.9. The molecule has 10 heteroatoms. The number of aryl methyl sites for hydroxylation is 1. The Morgan fingerprint density at radius 3 is 2.69 bits per heavy atom. The molecular formula is C26H25N7O3. The van der Waals surface area contributed by atoms with Gasteiger partial charge in [0, 0.05) is 42.2 Å². The number of aromatic nitrogens is 6. The Hall–Kier alpha value is -4.31. The highest BCUT2D eigenvalue weighted by Gasteiger charge is 2.22. The molecule has 182 valence electrons. The first kappa shape index (κ1) is 22.2. The van der Waals surface area contributed by atoms with Crippen molar-refractivity contribution >= 4 is 33.9 Å². The molecule has 2 aromatic carbocycles. The molecule has 1 N–H and O–H groups in total. The number of rotatable bonds is 6. The molecule has 0 amide bonds. The number of hydrogen-bond acceptors (Lipinski definition) is 8. The molecule has 0 bridgehead atoms. The van der Waals surface area contributed by atoms with Crippen LogP contribution in [0.2, 0.25) is 0 Å². The van der Waals surface area contributed by atoms with Crippen molar-refractivity contribution in [2.24, 2.45) is 0 Å². The van der Waals surface area contributed by atoms with Gasteiger partial charge in [-0.3, -0.25) is 9.36 Å². The normalized spacial score (nSPS) is 14.0. The topological polar surface area (TPSA) is 111 Å². The lowest BCUT2D eigenvalue weighted by Crippen LogP contribution is -2.37. The van der Waals surface area contributed by atoms with Gasteiger partial charge in [0.25, 0.3) is 0 Å². The van der Waals surface area contributed by atoms with Gasteiger partial charge < -0.3 is 19.4 Å². The second kappa shape index (κ2) is 9.38. The maximum Gasteiger partial charge on any atom is 0.305 e. The zero-order chi connectivity index (χ0) is 24.5. The van der Waals surface area contributed by atoms with Crippen LogP contribution in [0.1, 0.15) is 12.2 Å². The van der Waals surface area contributed by atoms with E-state index in [-0.39, 0.29) is 12.4 Å². The van der Waals surface area contributed by atoms with Crippen LogP contribution in [-0.4, -0.2) is 68.9 Å². The third-order valence-corrected chi connectivity index (χ3v) is 6.35. The number of hydrogen-bond donors (Lipinski definition) is 1. The van der Waals surface area contributed by atoms with Gasteiger partial charge >= 0.3 is 5.97 Å². The molecule has 0 aliphatic carbocycles. The Bertz CT molecular complexity index is 1550. The van der Waals surface area contributed by atoms with Gasteiger partial charge in [0.15, 0.2) is 5.82 Å². The summed E-state index contributed by atoms with van der Waals surface area (Å²) in [4.78, 5) is 36.8. The van der Waals surface area contributed by atoms with Crippen LogP contribution in [0.15, 0.2) is 54.7 Å². The number of ether oxygens (including phenoxy) is 2. The van der Waals surface area contributed by atoms with Gasteiger partial charge in [0.1, 0.15) is 5.82 Å². The Labute approximate surface area is 206 Å². The fraction of sp³-hybridized carbons (Fsp3) is 0.269. The highest BCUT2D eigenvalue weighted by atomic mass is 16.5. The summed E-state index contributed by atoms with van der Waals surface area (Å²) in [7, 11) is 1.39. The predicted molar refractivity (Wildman–Crippen MR) is 135 cm³/mol. The van der Waals surface area contributed by atoms with Crippen molar-refractivity contribution in [1.29, 1.82) is 0 Å². The van der Waals surface area contributed by atoms with Crippen LogP contribution in [0.4, 0.5) is 5.95 Å². The summed E-state index contributed by atoms with van der Waals surface area (Å²) in [5.74, 6) is 2.01. The molecule has 6 rings (SSSR count). The van der Waals surface area contributed by atoms with E-state index < -0.39 is 0 Å². The summed E-state index contributed by atoms with van der Waals surface area (Å²) in [6.07, 6.45) is 2.51. The van der Waals surface area contributed by atoms with Crippen molar-refractivity contribution in [3.63, 3.8) is 0 Å². The van der Waals surface area contributed by atoms with Crippen LogP contribution >= 0.6 is 0 Å². The highest BCUT2D eigenvalue weighted by molar-refractivity contribution is 5.93. The largest absolute Gasteiger partial charge is 0.469 e. The second-order valence-electron chi connectivity index (χ2n) is 8.53. The molecular weight excluding hydrogens is 458 g/mol. The predicted octanol–water partition coefficient (Wildman–Crippen LogP) is 3.30. The molecule has 1 aliphatic heterocycles. The van der Waals surface area contributed by atoms with Gasteiger partial charge in [0.2, 0.25) is 11.9 Å². The molecule has 1 saturated heterocycles. The zero-order valence-electron chi connectivity index (χ0n) is 19.8. The molecule has 0 spiro atoms. The standard InChI is InChI=1S/C26H25N7O3/c1-35-23(34)10-9-22-28-20-6-2-3-8-21(20)33(22)26-30-24(18-5-4-7-19-17(18)11-12-27-19)29-25(31-26)32-13-15-36-16-14-32/h2-8,11-12,27H,9-10,13-16H2,1H3. The Kier molecular flexibility index (Phi) is 5.78. The molecule has 10 nitrogen and oxygen atoms in total. The number of fused-ring (bicyclic) bond motifs is 2. The molecule has 5 aromatic rings. The van der Waals surface area contributed by atoms with Crippen LogP contribution < -0.4 is 4.90 Å². The van der Waals surface area contributed by atoms with Crippen molar-refractivity contribution in [2.45, 2.75) is 12.8 Å². The second-order valence-corrected chi connectivity index (χ2v) is 8.53. The van der Waals surface area contributed by atoms with E-state index in [1.54, 1.807) is 0 Å². The Balaban J connectivity index is 1.55. The van der Waals surface area contributed by atoms with Gasteiger partial charge in [-0.15, -0.1) is 0 Å². The number of carbonyl (C=O) groups excluding carboxylic acids is 1. The quantitative estimate of drug-likeness (QED) is 0.366. The number of carbonyl (C=O) groups is 1. The van der Waals surface area contributed by atoms with E-state index in [0.29, 0.717) is 56.3 Å². The van der Waals surface area contributed by atoms with Gasteiger partial charge in [-0.2, -0.15) is 15.0 Å². The molecule has 1 fully saturated rings. The fourth-order valence-corrected chi connectivity index (χ4v) is 4.54. The van der Waals surface area contributed by atoms with E-state index in [9.17, 15) is 4.79 Å². The first-order valence-corrected chi connectivity index (χ1v) is 11.9. The SMILES string of the molecule is COC(=O)CCc1nc2ccccc2n1-c1nc(-c2cccc3[nH]ccc23)nc(N2CCOCC2)n1. The number of H-pyrrole nitrogens is 1. The Morgan fingerprint density at radius 1 is 1.00 bits per heavy atom. The number of esters is 1. The van der Waals surface area contributed by atoms with Crippen molar-refractivity contribution in [3.8, 4) is 17.3 Å². The lowest BCUT2D eigenvalue weighted by atomic mass is 10.1. The number of aromatic amines is 1. The summed E-state index contributed by atoms with van der Waals surface area (Å²) in [6, 6.07) is 15.9. The summed E-state index contributed by atoms with van der Waals surface area (Å²) in [5, 5.41) is 1.03. The number of methoxy groups -OCH3 is 1. The molecule has 0 atom stereocenters. The monoisotopic (exact) mass is 483 g/mol. The maximum atomic E-state index is 11.9. The van der Waals surface area contributed by atoms with Crippen molar-refractivity contribution < 1.29 is 14.3 Å². The van der Waals surface area contributed by atoms with E-state index >= 15 is 0 Å². The highest BCUT2D eigenvalue weighted by Crippen LogP contribution is 2.29. The number of imidazole rings is 1. The van der Waals surface area contributed by atoms with Crippen LogP contribution in [0.5, 0.6) is 0 Å². The van der Waals surface area contributed by atoms with Gasteiger partial charge in [-0.1, -0.05) is 24.3 Å². The summed E-state index contributed by atoms with van der Waals surface area (Å²) < 4.78 is 12.3. The number of benzene rings is 2. The van der Waals surface area contributed by atoms with Gasteiger partial charge in [-0.05, 0) is 24.3 Å². The third kappa shape index (κ3) is 4.05. The van der Waals surface area contributed by atoms with E-state index in [0.717, 1.165) is 27.5 Å². The molecule has 0 unspecified atom stereocenters. The van der Waals surface area contributed by atoms with E-state index in [2.05, 4.69) is 9.88 Å². The first-order chi connectivity index (χ1) is 17.7. The number of nitrogens with zero attached hydrogens (tertiary/aromatic N) is 6. The van der Waals surface area contributed by atoms with E-state index in [1.807, 2.05) is 59.3 Å². The van der Waals surface area contributed by atoms with Crippen molar-refractivity contribution in [2.75, 3.05) is 38.3 Å².